The largest absolute Gasteiger partial charge is 0.477 e. The number of carboxylic acid groups (broad SMARTS) is 1. The number of carbonyl (C=O) groups is 4. The first-order valence-corrected chi connectivity index (χ1v) is 8.49. The van der Waals surface area contributed by atoms with Crippen LogP contribution in [0.3, 0.4) is 0 Å². The van der Waals surface area contributed by atoms with Crippen LogP contribution in [-0.2, 0) is 33.5 Å². The number of amides is 2. The predicted molar refractivity (Wildman–Crippen MR) is 85.9 cm³/mol. The second kappa shape index (κ2) is 6.67. The van der Waals surface area contributed by atoms with Crippen molar-refractivity contribution in [2.24, 2.45) is 0 Å². The van der Waals surface area contributed by atoms with E-state index in [9.17, 15) is 24.3 Å². The number of cyclic esters (lactones) is 1. The van der Waals surface area contributed by atoms with Crippen LogP contribution < -0.4 is 4.90 Å². The molecule has 0 aliphatic carbocycles. The summed E-state index contributed by atoms with van der Waals surface area (Å²) >= 11 is 1.25. The molecule has 1 aromatic rings. The van der Waals surface area contributed by atoms with E-state index >= 15 is 0 Å². The third-order valence-corrected chi connectivity index (χ3v) is 5.05. The lowest BCUT2D eigenvalue weighted by molar-refractivity contribution is -0.256. The molecule has 3 heterocycles. The van der Waals surface area contributed by atoms with Gasteiger partial charge in [0, 0.05) is 14.0 Å². The summed E-state index contributed by atoms with van der Waals surface area (Å²) in [6.07, 6.45) is -1.56. The molecule has 0 bridgehead atoms. The van der Waals surface area contributed by atoms with Gasteiger partial charge >= 0.3 is 17.7 Å². The number of ether oxygens (including phenoxy) is 2. The van der Waals surface area contributed by atoms with Crippen molar-refractivity contribution in [3.05, 3.63) is 17.5 Å². The van der Waals surface area contributed by atoms with E-state index in [0.717, 1.165) is 0 Å². The number of anilines is 1. The van der Waals surface area contributed by atoms with Crippen LogP contribution in [0.1, 0.15) is 13.3 Å². The lowest BCUT2D eigenvalue weighted by Gasteiger charge is -2.31. The number of nitrogens with zero attached hydrogens (tertiary/aromatic N) is 2. The Morgan fingerprint density at radius 2 is 2.19 bits per heavy atom. The molecule has 2 amide bonds. The summed E-state index contributed by atoms with van der Waals surface area (Å²) in [5.74, 6) is -3.67. The highest BCUT2D eigenvalue weighted by Crippen LogP contribution is 2.37. The van der Waals surface area contributed by atoms with Gasteiger partial charge in [-0.2, -0.15) is 5.06 Å². The van der Waals surface area contributed by atoms with Gasteiger partial charge in [-0.3, -0.25) is 19.3 Å². The Bertz CT molecular complexity index is 751. The normalized spacial score (nSPS) is 28.3. The topological polar surface area (TPSA) is 123 Å². The van der Waals surface area contributed by atoms with Crippen molar-refractivity contribution in [3.63, 3.8) is 0 Å². The highest BCUT2D eigenvalue weighted by atomic mass is 32.1. The SMILES string of the molecule is COC1CC(C(=O)O)(N2OC[C@H](N(C(C)=O)c3cccs3)C2=O)OC1=O. The molecule has 0 spiro atoms. The van der Waals surface area contributed by atoms with Crippen molar-refractivity contribution in [2.75, 3.05) is 18.6 Å². The van der Waals surface area contributed by atoms with Crippen LogP contribution >= 0.6 is 11.3 Å². The molecule has 1 N–H and O–H groups in total. The maximum Gasteiger partial charge on any atom is 0.372 e. The summed E-state index contributed by atoms with van der Waals surface area (Å²) in [6, 6.07) is 2.31. The van der Waals surface area contributed by atoms with E-state index in [1.807, 2.05) is 0 Å². The molecular formula is C15H16N2O8S. The van der Waals surface area contributed by atoms with Gasteiger partial charge < -0.3 is 14.6 Å². The average Bonchev–Trinajstić information content (AvgIpc) is 3.29. The molecule has 2 fully saturated rings. The van der Waals surface area contributed by atoms with Gasteiger partial charge in [0.05, 0.1) is 11.4 Å². The van der Waals surface area contributed by atoms with E-state index in [1.165, 1.54) is 30.3 Å². The summed E-state index contributed by atoms with van der Waals surface area (Å²) < 4.78 is 9.86. The minimum absolute atomic E-state index is 0.263. The average molecular weight is 384 g/mol. The molecular weight excluding hydrogens is 368 g/mol. The smallest absolute Gasteiger partial charge is 0.372 e. The van der Waals surface area contributed by atoms with Crippen LogP contribution in [0.4, 0.5) is 5.00 Å². The number of aliphatic carboxylic acids is 1. The fourth-order valence-corrected chi connectivity index (χ4v) is 3.77. The van der Waals surface area contributed by atoms with Crippen molar-refractivity contribution in [3.8, 4) is 0 Å². The highest BCUT2D eigenvalue weighted by molar-refractivity contribution is 7.14. The van der Waals surface area contributed by atoms with Crippen molar-refractivity contribution in [2.45, 2.75) is 31.2 Å². The molecule has 140 valence electrons. The molecule has 3 atom stereocenters. The van der Waals surface area contributed by atoms with E-state index in [1.54, 1.807) is 17.5 Å². The van der Waals surface area contributed by atoms with Crippen molar-refractivity contribution in [1.82, 2.24) is 5.06 Å². The van der Waals surface area contributed by atoms with Gasteiger partial charge in [-0.1, -0.05) is 0 Å². The number of hydrogen-bond acceptors (Lipinski definition) is 8. The van der Waals surface area contributed by atoms with Crippen LogP contribution in [0, 0.1) is 0 Å². The van der Waals surface area contributed by atoms with Crippen LogP contribution in [-0.4, -0.2) is 65.5 Å². The number of hydrogen-bond donors (Lipinski definition) is 1. The Kier molecular flexibility index (Phi) is 4.69. The van der Waals surface area contributed by atoms with Crippen LogP contribution in [0.5, 0.6) is 0 Å². The van der Waals surface area contributed by atoms with Gasteiger partial charge in [0.1, 0.15) is 12.6 Å². The highest BCUT2D eigenvalue weighted by Gasteiger charge is 2.63. The zero-order valence-corrected chi connectivity index (χ0v) is 14.7. The first-order chi connectivity index (χ1) is 12.3. The van der Waals surface area contributed by atoms with Crippen LogP contribution in [0.2, 0.25) is 0 Å². The third-order valence-electron chi connectivity index (χ3n) is 4.18. The molecule has 2 unspecified atom stereocenters. The van der Waals surface area contributed by atoms with Gasteiger partial charge in [0.2, 0.25) is 5.91 Å². The zero-order chi connectivity index (χ0) is 19.1. The third kappa shape index (κ3) is 2.73. The Balaban J connectivity index is 1.91. The van der Waals surface area contributed by atoms with Crippen molar-refractivity contribution in [1.29, 1.82) is 0 Å². The molecule has 10 nitrogen and oxygen atoms in total. The number of hydroxylamine groups is 2. The molecule has 0 radical (unpaired) electrons. The first-order valence-electron chi connectivity index (χ1n) is 7.61. The summed E-state index contributed by atoms with van der Waals surface area (Å²) in [4.78, 5) is 55.1. The molecule has 3 rings (SSSR count). The summed E-state index contributed by atoms with van der Waals surface area (Å²) in [5, 5.41) is 12.4. The minimum atomic E-state index is -2.33. The van der Waals surface area contributed by atoms with Crippen LogP contribution in [0.15, 0.2) is 17.5 Å². The Morgan fingerprint density at radius 1 is 1.46 bits per heavy atom. The standard InChI is InChI=1S/C15H16N2O8S/c1-8(18)16(11-4-3-5-26-11)9-7-24-17(12(9)19)15(14(21)22)6-10(23-2)13(20)25-15/h3-5,9-10H,6-7H2,1-2H3,(H,21,22)/t9-,10?,15?/m0/s1. The second-order valence-corrected chi connectivity index (χ2v) is 6.65. The Morgan fingerprint density at radius 3 is 2.69 bits per heavy atom. The number of rotatable bonds is 5. The molecule has 0 saturated carbocycles. The second-order valence-electron chi connectivity index (χ2n) is 5.72. The zero-order valence-electron chi connectivity index (χ0n) is 13.9. The van der Waals surface area contributed by atoms with E-state index in [4.69, 9.17) is 14.3 Å². The van der Waals surface area contributed by atoms with Crippen molar-refractivity contribution >= 4 is 40.1 Å². The number of carboxylic acids is 1. The lowest BCUT2D eigenvalue weighted by Crippen LogP contribution is -2.57. The predicted octanol–water partition coefficient (Wildman–Crippen LogP) is -0.0138. The minimum Gasteiger partial charge on any atom is -0.477 e. The van der Waals surface area contributed by atoms with Gasteiger partial charge in [-0.25, -0.2) is 9.59 Å². The van der Waals surface area contributed by atoms with Gasteiger partial charge in [0.15, 0.2) is 6.10 Å². The summed E-state index contributed by atoms with van der Waals surface area (Å²) in [5.41, 5.74) is -2.33. The lowest BCUT2D eigenvalue weighted by atomic mass is 10.1. The van der Waals surface area contributed by atoms with E-state index in [2.05, 4.69) is 0 Å². The van der Waals surface area contributed by atoms with E-state index in [-0.39, 0.29) is 6.61 Å². The molecule has 2 aliphatic heterocycles. The number of carbonyl (C=O) groups excluding carboxylic acids is 3. The summed E-state index contributed by atoms with van der Waals surface area (Å²) in [6.45, 7) is 1.03. The van der Waals surface area contributed by atoms with Crippen LogP contribution in [0.25, 0.3) is 0 Å². The van der Waals surface area contributed by atoms with E-state index in [0.29, 0.717) is 10.1 Å². The molecule has 26 heavy (non-hydrogen) atoms. The Labute approximate surface area is 151 Å². The van der Waals surface area contributed by atoms with Gasteiger partial charge in [-0.05, 0) is 17.5 Å². The number of esters is 1. The molecule has 0 aromatic carbocycles. The van der Waals surface area contributed by atoms with Crippen molar-refractivity contribution < 1.29 is 38.6 Å². The summed E-state index contributed by atoms with van der Waals surface area (Å²) in [7, 11) is 1.23. The monoisotopic (exact) mass is 384 g/mol. The molecule has 2 saturated heterocycles. The number of thiophene rings is 1. The maximum atomic E-state index is 12.9. The molecule has 1 aromatic heterocycles. The quantitative estimate of drug-likeness (QED) is 0.703. The number of methoxy groups -OCH3 is 1. The fourth-order valence-electron chi connectivity index (χ4n) is 2.95. The fraction of sp³-hybridized carbons (Fsp3) is 0.467. The Hall–Kier alpha value is -2.50. The van der Waals surface area contributed by atoms with E-state index < -0.39 is 48.0 Å². The molecule has 11 heteroatoms. The first kappa shape index (κ1) is 18.3. The molecule has 2 aliphatic rings. The van der Waals surface area contributed by atoms with Gasteiger partial charge in [-0.15, -0.1) is 11.3 Å². The van der Waals surface area contributed by atoms with Gasteiger partial charge in [0.25, 0.3) is 5.91 Å². The maximum absolute atomic E-state index is 12.9.